The lowest BCUT2D eigenvalue weighted by atomic mass is 10.1. The summed E-state index contributed by atoms with van der Waals surface area (Å²) in [6, 6.07) is 20.1. The van der Waals surface area contributed by atoms with E-state index in [1.54, 1.807) is 0 Å². The molecule has 0 saturated carbocycles. The normalized spacial score (nSPS) is 12.3. The molecule has 0 aliphatic rings. The van der Waals surface area contributed by atoms with Crippen LogP contribution >= 0.6 is 0 Å². The summed E-state index contributed by atoms with van der Waals surface area (Å²) in [4.78, 5) is 16.4. The van der Waals surface area contributed by atoms with E-state index in [1.165, 1.54) is 5.56 Å². The molecule has 3 N–H and O–H groups in total. The molecular formula is C20H26N4O. The zero-order chi connectivity index (χ0) is 17.9. The van der Waals surface area contributed by atoms with Crippen molar-refractivity contribution in [1.29, 1.82) is 0 Å². The Morgan fingerprint density at radius 3 is 2.28 bits per heavy atom. The van der Waals surface area contributed by atoms with E-state index >= 15 is 0 Å². The summed E-state index contributed by atoms with van der Waals surface area (Å²) in [5.74, 6) is 0.530. The van der Waals surface area contributed by atoms with Gasteiger partial charge in [-0.25, -0.2) is 4.99 Å². The molecule has 0 saturated heterocycles. The summed E-state index contributed by atoms with van der Waals surface area (Å²) in [5.41, 5.74) is 2.24. The highest BCUT2D eigenvalue weighted by atomic mass is 16.1. The molecule has 1 amide bonds. The maximum Gasteiger partial charge on any atom is 0.242 e. The predicted octanol–water partition coefficient (Wildman–Crippen LogP) is 2.62. The molecular weight excluding hydrogens is 312 g/mol. The van der Waals surface area contributed by atoms with E-state index in [2.05, 4.69) is 40.0 Å². The largest absolute Gasteiger partial charge is 0.357 e. The van der Waals surface area contributed by atoms with Crippen LogP contribution in [0.2, 0.25) is 0 Å². The molecule has 0 aliphatic carbocycles. The van der Waals surface area contributed by atoms with Crippen molar-refractivity contribution in [3.63, 3.8) is 0 Å². The molecule has 0 bridgehead atoms. The number of aliphatic imine (C=N–C) groups is 1. The smallest absolute Gasteiger partial charge is 0.242 e. The monoisotopic (exact) mass is 338 g/mol. The number of hydrogen-bond donors (Lipinski definition) is 3. The van der Waals surface area contributed by atoms with Crippen LogP contribution in [0.5, 0.6) is 0 Å². The van der Waals surface area contributed by atoms with Gasteiger partial charge >= 0.3 is 0 Å². The van der Waals surface area contributed by atoms with Crippen molar-refractivity contribution in [2.24, 2.45) is 4.99 Å². The standard InChI is InChI=1S/C20H26N4O/c1-3-21-20(24-16(2)18-12-8-5-9-13-18)23-15-19(25)22-14-17-10-6-4-7-11-17/h4-13,16H,3,14-15H2,1-2H3,(H,22,25)(H2,21,23,24). The molecule has 1 unspecified atom stereocenters. The van der Waals surface area contributed by atoms with Crippen molar-refractivity contribution in [3.05, 3.63) is 71.8 Å². The fraction of sp³-hybridized carbons (Fsp3) is 0.300. The zero-order valence-corrected chi connectivity index (χ0v) is 14.8. The van der Waals surface area contributed by atoms with Crippen LogP contribution in [-0.4, -0.2) is 25.0 Å². The molecule has 2 rings (SSSR count). The minimum atomic E-state index is -0.103. The summed E-state index contributed by atoms with van der Waals surface area (Å²) < 4.78 is 0. The van der Waals surface area contributed by atoms with E-state index < -0.39 is 0 Å². The van der Waals surface area contributed by atoms with Gasteiger partial charge in [0.05, 0.1) is 6.04 Å². The number of guanidine groups is 1. The Morgan fingerprint density at radius 2 is 1.64 bits per heavy atom. The number of carbonyl (C=O) groups excluding carboxylic acids is 1. The van der Waals surface area contributed by atoms with Crippen LogP contribution in [0.1, 0.15) is 31.0 Å². The van der Waals surface area contributed by atoms with E-state index in [-0.39, 0.29) is 18.5 Å². The molecule has 0 spiro atoms. The molecule has 2 aromatic rings. The average molecular weight is 338 g/mol. The van der Waals surface area contributed by atoms with Crippen molar-refractivity contribution in [1.82, 2.24) is 16.0 Å². The highest BCUT2D eigenvalue weighted by Crippen LogP contribution is 2.10. The average Bonchev–Trinajstić information content (AvgIpc) is 2.66. The van der Waals surface area contributed by atoms with Gasteiger partial charge < -0.3 is 16.0 Å². The van der Waals surface area contributed by atoms with Gasteiger partial charge in [0.2, 0.25) is 5.91 Å². The quantitative estimate of drug-likeness (QED) is 0.537. The maximum atomic E-state index is 12.0. The molecule has 5 nitrogen and oxygen atoms in total. The SMILES string of the molecule is CCNC(=NCC(=O)NCc1ccccc1)NC(C)c1ccccc1. The van der Waals surface area contributed by atoms with Crippen molar-refractivity contribution in [2.45, 2.75) is 26.4 Å². The number of hydrogen-bond acceptors (Lipinski definition) is 2. The van der Waals surface area contributed by atoms with Crippen LogP contribution in [-0.2, 0) is 11.3 Å². The third kappa shape index (κ3) is 6.67. The van der Waals surface area contributed by atoms with Gasteiger partial charge in [-0.3, -0.25) is 4.79 Å². The van der Waals surface area contributed by atoms with Crippen molar-refractivity contribution < 1.29 is 4.79 Å². The number of rotatable bonds is 7. The first-order valence-electron chi connectivity index (χ1n) is 8.59. The summed E-state index contributed by atoms with van der Waals surface area (Å²) in [6.45, 7) is 5.40. The number of benzene rings is 2. The van der Waals surface area contributed by atoms with Crippen molar-refractivity contribution >= 4 is 11.9 Å². The maximum absolute atomic E-state index is 12.0. The second-order valence-electron chi connectivity index (χ2n) is 5.73. The van der Waals surface area contributed by atoms with E-state index in [0.717, 1.165) is 12.1 Å². The molecule has 0 heterocycles. The van der Waals surface area contributed by atoms with Gasteiger partial charge in [-0.1, -0.05) is 60.7 Å². The number of nitrogens with one attached hydrogen (secondary N) is 3. The van der Waals surface area contributed by atoms with Crippen LogP contribution in [0.15, 0.2) is 65.7 Å². The second-order valence-corrected chi connectivity index (χ2v) is 5.73. The summed E-state index contributed by atoms with van der Waals surface area (Å²) >= 11 is 0. The summed E-state index contributed by atoms with van der Waals surface area (Å²) in [7, 11) is 0. The third-order valence-electron chi connectivity index (χ3n) is 3.71. The van der Waals surface area contributed by atoms with Gasteiger partial charge in [-0.15, -0.1) is 0 Å². The molecule has 25 heavy (non-hydrogen) atoms. The Kier molecular flexibility index (Phi) is 7.50. The fourth-order valence-corrected chi connectivity index (χ4v) is 2.35. The fourth-order valence-electron chi connectivity index (χ4n) is 2.35. The molecule has 132 valence electrons. The van der Waals surface area contributed by atoms with Crippen molar-refractivity contribution in [2.75, 3.05) is 13.1 Å². The van der Waals surface area contributed by atoms with E-state index in [0.29, 0.717) is 12.5 Å². The molecule has 2 aromatic carbocycles. The number of amides is 1. The van der Waals surface area contributed by atoms with Crippen LogP contribution < -0.4 is 16.0 Å². The number of nitrogens with zero attached hydrogens (tertiary/aromatic N) is 1. The van der Waals surface area contributed by atoms with Crippen LogP contribution in [0.3, 0.4) is 0 Å². The van der Waals surface area contributed by atoms with Gasteiger partial charge in [-0.2, -0.15) is 0 Å². The first kappa shape index (κ1) is 18.5. The molecule has 0 radical (unpaired) electrons. The zero-order valence-electron chi connectivity index (χ0n) is 14.8. The minimum absolute atomic E-state index is 0.0870. The summed E-state index contributed by atoms with van der Waals surface area (Å²) in [5, 5.41) is 9.37. The number of carbonyl (C=O) groups is 1. The second kappa shape index (κ2) is 10.1. The Hall–Kier alpha value is -2.82. The van der Waals surface area contributed by atoms with Gasteiger partial charge in [-0.05, 0) is 25.0 Å². The van der Waals surface area contributed by atoms with E-state index in [1.807, 2.05) is 55.5 Å². The van der Waals surface area contributed by atoms with E-state index in [9.17, 15) is 4.79 Å². The Morgan fingerprint density at radius 1 is 1.00 bits per heavy atom. The molecule has 0 aliphatic heterocycles. The van der Waals surface area contributed by atoms with Crippen LogP contribution in [0.25, 0.3) is 0 Å². The minimum Gasteiger partial charge on any atom is -0.357 e. The lowest BCUT2D eigenvalue weighted by Gasteiger charge is -2.18. The molecule has 0 fully saturated rings. The Balaban J connectivity index is 1.86. The van der Waals surface area contributed by atoms with Gasteiger partial charge in [0, 0.05) is 13.1 Å². The lowest BCUT2D eigenvalue weighted by Crippen LogP contribution is -2.39. The predicted molar refractivity (Wildman–Crippen MR) is 102 cm³/mol. The van der Waals surface area contributed by atoms with Gasteiger partial charge in [0.15, 0.2) is 5.96 Å². The lowest BCUT2D eigenvalue weighted by molar-refractivity contribution is -0.119. The summed E-state index contributed by atoms with van der Waals surface area (Å²) in [6.07, 6.45) is 0. The van der Waals surface area contributed by atoms with Gasteiger partial charge in [0.25, 0.3) is 0 Å². The Bertz CT molecular complexity index is 671. The Labute approximate surface area is 149 Å². The molecule has 5 heteroatoms. The van der Waals surface area contributed by atoms with Crippen molar-refractivity contribution in [3.8, 4) is 0 Å². The third-order valence-corrected chi connectivity index (χ3v) is 3.71. The topological polar surface area (TPSA) is 65.5 Å². The molecule has 0 aromatic heterocycles. The highest BCUT2D eigenvalue weighted by molar-refractivity contribution is 5.85. The van der Waals surface area contributed by atoms with E-state index in [4.69, 9.17) is 0 Å². The van der Waals surface area contributed by atoms with Gasteiger partial charge in [0.1, 0.15) is 6.54 Å². The highest BCUT2D eigenvalue weighted by Gasteiger charge is 2.08. The first-order valence-corrected chi connectivity index (χ1v) is 8.59. The molecule has 1 atom stereocenters. The van der Waals surface area contributed by atoms with Crippen LogP contribution in [0.4, 0.5) is 0 Å². The first-order chi connectivity index (χ1) is 12.2. The van der Waals surface area contributed by atoms with Crippen LogP contribution in [0, 0.1) is 0 Å².